The van der Waals surface area contributed by atoms with Crippen molar-refractivity contribution in [3.8, 4) is 16.9 Å². The lowest BCUT2D eigenvalue weighted by Crippen LogP contribution is -2.15. The van der Waals surface area contributed by atoms with Crippen molar-refractivity contribution in [3.63, 3.8) is 0 Å². The normalized spacial score (nSPS) is 14.2. The number of ether oxygens (including phenoxy) is 1. The predicted octanol–water partition coefficient (Wildman–Crippen LogP) is 6.92. The average Bonchev–Trinajstić information content (AvgIpc) is 2.91. The fourth-order valence-corrected chi connectivity index (χ4v) is 3.84. The quantitative estimate of drug-likeness (QED) is 0.572. The fraction of sp³-hybridized carbons (Fsp3) is 0.440. The van der Waals surface area contributed by atoms with Crippen LogP contribution in [0.5, 0.6) is 5.75 Å². The molecule has 0 aliphatic heterocycles. The highest BCUT2D eigenvalue weighted by Crippen LogP contribution is 2.46. The number of rotatable bonds is 2. The van der Waals surface area contributed by atoms with Crippen LogP contribution in [0.3, 0.4) is 0 Å². The van der Waals surface area contributed by atoms with Crippen LogP contribution in [0.4, 0.5) is 0 Å². The minimum absolute atomic E-state index is 0.0387. The Labute approximate surface area is 159 Å². The summed E-state index contributed by atoms with van der Waals surface area (Å²) in [6.07, 6.45) is 3.37. The molecule has 0 bridgehead atoms. The summed E-state index contributed by atoms with van der Waals surface area (Å²) in [7, 11) is 1.80. The van der Waals surface area contributed by atoms with Crippen molar-refractivity contribution in [1.29, 1.82) is 0 Å². The molecule has 0 heterocycles. The molecule has 138 valence electrons. The van der Waals surface area contributed by atoms with Crippen LogP contribution in [0.1, 0.15) is 70.7 Å². The van der Waals surface area contributed by atoms with Crippen molar-refractivity contribution >= 4 is 6.08 Å². The molecule has 0 amide bonds. The second kappa shape index (κ2) is 6.30. The molecule has 0 aromatic heterocycles. The average molecular weight is 349 g/mol. The van der Waals surface area contributed by atoms with E-state index in [4.69, 9.17) is 4.74 Å². The van der Waals surface area contributed by atoms with Crippen LogP contribution in [0.15, 0.2) is 35.9 Å². The molecular formula is C25H32O. The lowest BCUT2D eigenvalue weighted by Gasteiger charge is -2.27. The molecule has 0 spiro atoms. The van der Waals surface area contributed by atoms with Gasteiger partial charge in [-0.05, 0) is 46.4 Å². The summed E-state index contributed by atoms with van der Waals surface area (Å²) in [6.45, 7) is 15.8. The zero-order valence-electron chi connectivity index (χ0n) is 17.6. The summed E-state index contributed by atoms with van der Waals surface area (Å²) < 4.78 is 5.99. The van der Waals surface area contributed by atoms with E-state index in [2.05, 4.69) is 84.9 Å². The van der Waals surface area contributed by atoms with Crippen molar-refractivity contribution in [1.82, 2.24) is 0 Å². The van der Waals surface area contributed by atoms with Crippen molar-refractivity contribution < 1.29 is 4.74 Å². The molecular weight excluding hydrogens is 316 g/mol. The van der Waals surface area contributed by atoms with Gasteiger partial charge in [0.1, 0.15) is 5.75 Å². The maximum absolute atomic E-state index is 5.99. The summed E-state index contributed by atoms with van der Waals surface area (Å²) in [6, 6.07) is 11.4. The molecule has 26 heavy (non-hydrogen) atoms. The van der Waals surface area contributed by atoms with Crippen LogP contribution in [0.25, 0.3) is 17.2 Å². The fourth-order valence-electron chi connectivity index (χ4n) is 3.84. The van der Waals surface area contributed by atoms with Crippen molar-refractivity contribution in [2.75, 3.05) is 7.11 Å². The summed E-state index contributed by atoms with van der Waals surface area (Å²) >= 11 is 0. The van der Waals surface area contributed by atoms with E-state index < -0.39 is 0 Å². The van der Waals surface area contributed by atoms with Crippen LogP contribution < -0.4 is 4.74 Å². The molecule has 3 rings (SSSR count). The number of fused-ring (bicyclic) bond motifs is 1. The Balaban J connectivity index is 2.27. The van der Waals surface area contributed by atoms with Gasteiger partial charge in [0, 0.05) is 11.1 Å². The van der Waals surface area contributed by atoms with Crippen LogP contribution in [-0.4, -0.2) is 7.11 Å². The second-order valence-electron chi connectivity index (χ2n) is 9.65. The van der Waals surface area contributed by atoms with Gasteiger partial charge in [-0.2, -0.15) is 0 Å². The molecule has 1 nitrogen and oxygen atoms in total. The van der Waals surface area contributed by atoms with Gasteiger partial charge in [0.25, 0.3) is 0 Å². The van der Waals surface area contributed by atoms with E-state index in [1.165, 1.54) is 39.0 Å². The highest BCUT2D eigenvalue weighted by atomic mass is 16.5. The molecule has 1 heteroatoms. The van der Waals surface area contributed by atoms with Gasteiger partial charge < -0.3 is 4.74 Å². The van der Waals surface area contributed by atoms with Gasteiger partial charge in [0.05, 0.1) is 7.11 Å². The molecule has 0 atom stereocenters. The minimum Gasteiger partial charge on any atom is -0.496 e. The monoisotopic (exact) mass is 348 g/mol. The largest absolute Gasteiger partial charge is 0.496 e. The Kier molecular flexibility index (Phi) is 4.55. The molecule has 1 aliphatic carbocycles. The Morgan fingerprint density at radius 2 is 1.50 bits per heavy atom. The maximum Gasteiger partial charge on any atom is 0.131 e. The van der Waals surface area contributed by atoms with E-state index in [-0.39, 0.29) is 10.8 Å². The van der Waals surface area contributed by atoms with Crippen molar-refractivity contribution in [3.05, 3.63) is 58.2 Å². The maximum atomic E-state index is 5.99. The van der Waals surface area contributed by atoms with Gasteiger partial charge in [0.15, 0.2) is 0 Å². The molecule has 2 aromatic rings. The van der Waals surface area contributed by atoms with E-state index in [1.807, 2.05) is 0 Å². The smallest absolute Gasteiger partial charge is 0.131 e. The number of hydrogen-bond donors (Lipinski definition) is 0. The first kappa shape index (κ1) is 18.8. The number of allylic oxidation sites excluding steroid dienone is 1. The topological polar surface area (TPSA) is 9.23 Å². The van der Waals surface area contributed by atoms with E-state index in [1.54, 1.807) is 7.11 Å². The first-order valence-corrected chi connectivity index (χ1v) is 9.55. The first-order chi connectivity index (χ1) is 12.0. The van der Waals surface area contributed by atoms with Crippen molar-refractivity contribution in [2.24, 2.45) is 0 Å². The Bertz CT molecular complexity index is 853. The van der Waals surface area contributed by atoms with Gasteiger partial charge >= 0.3 is 0 Å². The lowest BCUT2D eigenvalue weighted by molar-refractivity contribution is 0.399. The van der Waals surface area contributed by atoms with Gasteiger partial charge in [-0.1, -0.05) is 83.5 Å². The molecule has 0 fully saturated rings. The highest BCUT2D eigenvalue weighted by molar-refractivity contribution is 5.86. The zero-order valence-corrected chi connectivity index (χ0v) is 17.6. The molecule has 2 aromatic carbocycles. The Morgan fingerprint density at radius 3 is 2.00 bits per heavy atom. The van der Waals surface area contributed by atoms with Crippen LogP contribution in [0.2, 0.25) is 0 Å². The van der Waals surface area contributed by atoms with E-state index >= 15 is 0 Å². The Hall–Kier alpha value is -2.02. The standard InChI is InChI=1S/C25H32O/c1-16-13-18-15-21(25(5,6)7)23(26-8)22(20(18)14-16)17-9-11-19(12-10-17)24(2,3)4/h9-12,14-15H,13H2,1-8H3. The lowest BCUT2D eigenvalue weighted by atomic mass is 9.80. The van der Waals surface area contributed by atoms with Gasteiger partial charge in [-0.15, -0.1) is 0 Å². The number of benzene rings is 2. The third kappa shape index (κ3) is 3.32. The van der Waals surface area contributed by atoms with E-state index in [9.17, 15) is 0 Å². The third-order valence-electron chi connectivity index (χ3n) is 5.32. The molecule has 0 N–H and O–H groups in total. The van der Waals surface area contributed by atoms with Crippen molar-refractivity contribution in [2.45, 2.75) is 65.7 Å². The van der Waals surface area contributed by atoms with Crippen LogP contribution in [0, 0.1) is 0 Å². The minimum atomic E-state index is 0.0387. The summed E-state index contributed by atoms with van der Waals surface area (Å²) in [5, 5.41) is 0. The van der Waals surface area contributed by atoms with E-state index in [0.717, 1.165) is 12.2 Å². The summed E-state index contributed by atoms with van der Waals surface area (Å²) in [5.41, 5.74) is 9.49. The number of hydrogen-bond acceptors (Lipinski definition) is 1. The van der Waals surface area contributed by atoms with Gasteiger partial charge in [-0.25, -0.2) is 0 Å². The van der Waals surface area contributed by atoms with Gasteiger partial charge in [0.2, 0.25) is 0 Å². The molecule has 0 radical (unpaired) electrons. The third-order valence-corrected chi connectivity index (χ3v) is 5.32. The van der Waals surface area contributed by atoms with Gasteiger partial charge in [-0.3, -0.25) is 0 Å². The van der Waals surface area contributed by atoms with Crippen LogP contribution in [-0.2, 0) is 17.3 Å². The summed E-state index contributed by atoms with van der Waals surface area (Å²) in [4.78, 5) is 0. The molecule has 0 unspecified atom stereocenters. The first-order valence-electron chi connectivity index (χ1n) is 9.55. The zero-order chi connectivity index (χ0) is 19.3. The molecule has 0 saturated carbocycles. The van der Waals surface area contributed by atoms with E-state index in [0.29, 0.717) is 0 Å². The second-order valence-corrected chi connectivity index (χ2v) is 9.65. The predicted molar refractivity (Wildman–Crippen MR) is 113 cm³/mol. The molecule has 0 saturated heterocycles. The molecule has 1 aliphatic rings. The summed E-state index contributed by atoms with van der Waals surface area (Å²) in [5.74, 6) is 1.02. The number of methoxy groups -OCH3 is 1. The Morgan fingerprint density at radius 1 is 0.885 bits per heavy atom. The SMILES string of the molecule is COc1c(C(C)(C)C)cc2c(c1-c1ccc(C(C)(C)C)cc1)C=C(C)C2. The van der Waals surface area contributed by atoms with Crippen LogP contribution >= 0.6 is 0 Å². The highest BCUT2D eigenvalue weighted by Gasteiger charge is 2.28.